The van der Waals surface area contributed by atoms with E-state index >= 15 is 0 Å². The average molecular weight is 192 g/mol. The summed E-state index contributed by atoms with van der Waals surface area (Å²) in [5.41, 5.74) is 0. The summed E-state index contributed by atoms with van der Waals surface area (Å²) in [6.07, 6.45) is 7.11. The van der Waals surface area contributed by atoms with Crippen LogP contribution in [0.25, 0.3) is 0 Å². The smallest absolute Gasteiger partial charge is 0.550 e. The first-order valence-corrected chi connectivity index (χ1v) is 5.43. The van der Waals surface area contributed by atoms with Crippen LogP contribution in [0, 0.1) is 5.92 Å². The molecule has 3 heteroatoms. The number of carboxylic acids is 1. The summed E-state index contributed by atoms with van der Waals surface area (Å²) in [4.78, 5) is 10.6. The van der Waals surface area contributed by atoms with Crippen molar-refractivity contribution in [2.45, 2.75) is 58.8 Å². The van der Waals surface area contributed by atoms with Crippen LogP contribution < -0.4 is 24.0 Å². The zero-order chi connectivity index (χ0) is 10.1. The molecule has 14 heavy (non-hydrogen) atoms. The van der Waals surface area contributed by atoms with Crippen LogP contribution in [0.1, 0.15) is 58.8 Å². The molecule has 2 nitrogen and oxygen atoms in total. The molecular weight excluding hydrogens is 171 g/mol. The molecule has 0 radical (unpaired) electrons. The molecule has 0 aromatic carbocycles. The topological polar surface area (TPSA) is 40.1 Å². The molecule has 78 valence electrons. The van der Waals surface area contributed by atoms with Gasteiger partial charge in [-0.2, -0.15) is 0 Å². The number of carbonyl (C=O) groups excluding carboxylic acids is 1. The molecule has 0 N–H and O–H groups in total. The van der Waals surface area contributed by atoms with Crippen molar-refractivity contribution in [2.24, 2.45) is 5.92 Å². The Balaban J connectivity index is 0. The zero-order valence-corrected chi connectivity index (χ0v) is 9.84. The Morgan fingerprint density at radius 2 is 1.71 bits per heavy atom. The van der Waals surface area contributed by atoms with Gasteiger partial charge in [-0.05, 0) is 18.8 Å². The van der Waals surface area contributed by atoms with Crippen molar-refractivity contribution in [3.05, 3.63) is 0 Å². The summed E-state index contributed by atoms with van der Waals surface area (Å²) in [5.74, 6) is -1.07. The summed E-state index contributed by atoms with van der Waals surface area (Å²) in [5, 5.41) is 10.6. The first-order valence-electron chi connectivity index (χ1n) is 5.43. The number of hydrogen-bond donors (Lipinski definition) is 0. The van der Waals surface area contributed by atoms with Gasteiger partial charge < -0.3 is 9.90 Å². The van der Waals surface area contributed by atoms with Crippen molar-refractivity contribution in [1.82, 2.24) is 0 Å². The predicted octanol–water partition coefficient (Wildman–Crippen LogP) is -0.873. The minimum absolute atomic E-state index is 0. The van der Waals surface area contributed by atoms with Gasteiger partial charge in [0.2, 0.25) is 0 Å². The summed E-state index contributed by atoms with van der Waals surface area (Å²) in [6, 6.07) is 0. The van der Waals surface area contributed by atoms with Crippen LogP contribution in [0.15, 0.2) is 0 Å². The Bertz CT molecular complexity index is 137. The van der Waals surface area contributed by atoms with E-state index in [0.717, 1.165) is 32.1 Å². The molecule has 0 bridgehead atoms. The second kappa shape index (κ2) is 11.1. The largest absolute Gasteiger partial charge is 1.00 e. The molecule has 0 saturated heterocycles. The number of aliphatic carboxylic acids is 1. The average Bonchev–Trinajstić information content (AvgIpc) is 2.10. The molecule has 0 spiro atoms. The maximum Gasteiger partial charge on any atom is 1.00 e. The minimum atomic E-state index is -0.863. The van der Waals surface area contributed by atoms with Crippen LogP contribution in [0.3, 0.4) is 0 Å². The summed E-state index contributed by atoms with van der Waals surface area (Å²) >= 11 is 0. The third-order valence-corrected chi connectivity index (χ3v) is 2.38. The second-order valence-corrected chi connectivity index (χ2v) is 3.65. The molecule has 0 heterocycles. The maximum absolute atomic E-state index is 10.6. The fraction of sp³-hybridized carbons (Fsp3) is 0.909. The van der Waals surface area contributed by atoms with Crippen molar-refractivity contribution in [3.8, 4) is 0 Å². The van der Waals surface area contributed by atoms with E-state index in [9.17, 15) is 9.90 Å². The third kappa shape index (κ3) is 8.66. The third-order valence-electron chi connectivity index (χ3n) is 2.38. The minimum Gasteiger partial charge on any atom is -0.550 e. The van der Waals surface area contributed by atoms with Crippen LogP contribution in [0.4, 0.5) is 0 Å². The molecule has 0 rings (SSSR count). The first-order chi connectivity index (χ1) is 6.22. The Morgan fingerprint density at radius 3 is 2.14 bits per heavy atom. The van der Waals surface area contributed by atoms with Crippen LogP contribution in [-0.4, -0.2) is 5.97 Å². The molecular formula is C11H21LiO2. The molecule has 0 aromatic heterocycles. The summed E-state index contributed by atoms with van der Waals surface area (Å²) < 4.78 is 0. The SMILES string of the molecule is CCCCCC[C@@H](CCC)C(=O)[O-].[Li+]. The van der Waals surface area contributed by atoms with Gasteiger partial charge in [-0.15, -0.1) is 0 Å². The van der Waals surface area contributed by atoms with E-state index in [1.807, 2.05) is 6.92 Å². The molecule has 1 atom stereocenters. The van der Waals surface area contributed by atoms with Crippen molar-refractivity contribution in [2.75, 3.05) is 0 Å². The zero-order valence-electron chi connectivity index (χ0n) is 9.84. The monoisotopic (exact) mass is 192 g/mol. The summed E-state index contributed by atoms with van der Waals surface area (Å²) in [6.45, 7) is 4.17. The molecule has 0 fully saturated rings. The van der Waals surface area contributed by atoms with Crippen LogP contribution in [0.2, 0.25) is 0 Å². The Hall–Kier alpha value is 0.0674. The van der Waals surface area contributed by atoms with E-state index in [1.165, 1.54) is 12.8 Å². The molecule has 0 amide bonds. The molecule has 0 unspecified atom stereocenters. The number of hydrogen-bond acceptors (Lipinski definition) is 2. The quantitative estimate of drug-likeness (QED) is 0.370. The Kier molecular flexibility index (Phi) is 13.1. The van der Waals surface area contributed by atoms with E-state index in [2.05, 4.69) is 6.92 Å². The fourth-order valence-corrected chi connectivity index (χ4v) is 1.55. The van der Waals surface area contributed by atoms with Gasteiger partial charge in [-0.3, -0.25) is 0 Å². The van der Waals surface area contributed by atoms with Gasteiger partial charge in [0.25, 0.3) is 0 Å². The molecule has 0 aliphatic heterocycles. The van der Waals surface area contributed by atoms with Gasteiger partial charge >= 0.3 is 18.9 Å². The number of carbonyl (C=O) groups is 1. The van der Waals surface area contributed by atoms with E-state index in [4.69, 9.17) is 0 Å². The van der Waals surface area contributed by atoms with Crippen LogP contribution >= 0.6 is 0 Å². The van der Waals surface area contributed by atoms with Gasteiger partial charge in [0.15, 0.2) is 0 Å². The van der Waals surface area contributed by atoms with Crippen molar-refractivity contribution >= 4 is 5.97 Å². The van der Waals surface area contributed by atoms with E-state index in [-0.39, 0.29) is 24.8 Å². The van der Waals surface area contributed by atoms with Gasteiger partial charge in [0, 0.05) is 5.97 Å². The van der Waals surface area contributed by atoms with E-state index in [1.54, 1.807) is 0 Å². The molecule has 0 aliphatic carbocycles. The Morgan fingerprint density at radius 1 is 1.07 bits per heavy atom. The fourth-order valence-electron chi connectivity index (χ4n) is 1.55. The maximum atomic E-state index is 10.6. The van der Waals surface area contributed by atoms with Crippen LogP contribution in [-0.2, 0) is 4.79 Å². The van der Waals surface area contributed by atoms with Gasteiger partial charge in [-0.1, -0.05) is 46.0 Å². The van der Waals surface area contributed by atoms with Crippen molar-refractivity contribution in [3.63, 3.8) is 0 Å². The molecule has 0 aliphatic rings. The number of unbranched alkanes of at least 4 members (excludes halogenated alkanes) is 3. The second-order valence-electron chi connectivity index (χ2n) is 3.65. The van der Waals surface area contributed by atoms with E-state index < -0.39 is 5.97 Å². The van der Waals surface area contributed by atoms with E-state index in [0.29, 0.717) is 0 Å². The predicted molar refractivity (Wildman–Crippen MR) is 52.2 cm³/mol. The van der Waals surface area contributed by atoms with Gasteiger partial charge in [0.1, 0.15) is 0 Å². The standard InChI is InChI=1S/C11H22O2.Li/c1-3-5-6-7-9-10(8-4-2)11(12)13;/h10H,3-9H2,1-2H3,(H,12,13);/q;+1/p-1/t10-;/m1./s1. The van der Waals surface area contributed by atoms with Crippen LogP contribution in [0.5, 0.6) is 0 Å². The number of rotatable bonds is 8. The molecule has 0 saturated carbocycles. The normalized spacial score (nSPS) is 11.9. The van der Waals surface area contributed by atoms with Crippen molar-refractivity contribution in [1.29, 1.82) is 0 Å². The molecule has 0 aromatic rings. The van der Waals surface area contributed by atoms with Crippen molar-refractivity contribution < 1.29 is 28.8 Å². The Labute approximate surface area is 99.6 Å². The number of carboxylic acid groups (broad SMARTS) is 1. The summed E-state index contributed by atoms with van der Waals surface area (Å²) in [7, 11) is 0. The van der Waals surface area contributed by atoms with Gasteiger partial charge in [-0.25, -0.2) is 0 Å². The first kappa shape index (κ1) is 16.5. The van der Waals surface area contributed by atoms with Gasteiger partial charge in [0.05, 0.1) is 0 Å².